The van der Waals surface area contributed by atoms with Crippen molar-refractivity contribution in [2.24, 2.45) is 0 Å². The molecule has 0 radical (unpaired) electrons. The number of rotatable bonds is 2. The van der Waals surface area contributed by atoms with Crippen LogP contribution in [0, 0.1) is 11.8 Å². The molecule has 2 aromatic rings. The zero-order valence-corrected chi connectivity index (χ0v) is 10.2. The van der Waals surface area contributed by atoms with E-state index in [1.807, 2.05) is 0 Å². The Morgan fingerprint density at radius 2 is 1.67 bits per heavy atom. The second-order valence-corrected chi connectivity index (χ2v) is 3.99. The van der Waals surface area contributed by atoms with E-state index >= 15 is 0 Å². The molecule has 1 amide bonds. The lowest BCUT2D eigenvalue weighted by Crippen LogP contribution is -2.15. The first-order valence-corrected chi connectivity index (χ1v) is 5.57. The smallest absolute Gasteiger partial charge is 0.322 e. The van der Waals surface area contributed by atoms with Crippen LogP contribution >= 0.6 is 0 Å². The van der Waals surface area contributed by atoms with Gasteiger partial charge in [0.25, 0.3) is 5.91 Å². The highest BCUT2D eigenvalue weighted by Gasteiger charge is 2.30. The van der Waals surface area contributed by atoms with Crippen molar-refractivity contribution < 1.29 is 26.7 Å². The van der Waals surface area contributed by atoms with Crippen LogP contribution in [0.15, 0.2) is 36.5 Å². The number of amides is 1. The number of carbonyl (C=O) groups excluding carboxylic acids is 1. The lowest BCUT2D eigenvalue weighted by atomic mass is 10.2. The molecule has 0 aliphatic heterocycles. The van der Waals surface area contributed by atoms with Crippen LogP contribution in [0.3, 0.4) is 0 Å². The van der Waals surface area contributed by atoms with Crippen LogP contribution in [0.5, 0.6) is 0 Å². The topological polar surface area (TPSA) is 42.0 Å². The zero-order chi connectivity index (χ0) is 15.6. The Labute approximate surface area is 115 Å². The van der Waals surface area contributed by atoms with E-state index in [1.54, 1.807) is 0 Å². The van der Waals surface area contributed by atoms with Crippen molar-refractivity contribution in [2.45, 2.75) is 6.18 Å². The molecule has 0 saturated carbocycles. The Morgan fingerprint density at radius 3 is 2.24 bits per heavy atom. The van der Waals surface area contributed by atoms with Crippen LogP contribution in [0.2, 0.25) is 0 Å². The Balaban J connectivity index is 2.18. The van der Waals surface area contributed by atoms with E-state index in [4.69, 9.17) is 0 Å². The molecule has 1 heterocycles. The van der Waals surface area contributed by atoms with Crippen LogP contribution in [0.1, 0.15) is 15.9 Å². The molecular formula is C13H7F5N2O. The molecule has 0 bridgehead atoms. The fourth-order valence-corrected chi connectivity index (χ4v) is 1.53. The quantitative estimate of drug-likeness (QED) is 0.680. The molecule has 0 aliphatic carbocycles. The maximum absolute atomic E-state index is 13.3. The van der Waals surface area contributed by atoms with Gasteiger partial charge in [-0.25, -0.2) is 9.37 Å². The van der Waals surface area contributed by atoms with Gasteiger partial charge in [0.1, 0.15) is 0 Å². The number of nitrogens with one attached hydrogen (secondary N) is 1. The summed E-state index contributed by atoms with van der Waals surface area (Å²) in [6.45, 7) is 0. The largest absolute Gasteiger partial charge is 0.416 e. The van der Waals surface area contributed by atoms with Crippen molar-refractivity contribution in [1.82, 2.24) is 4.98 Å². The predicted octanol–water partition coefficient (Wildman–Crippen LogP) is 3.63. The predicted molar refractivity (Wildman–Crippen MR) is 63.6 cm³/mol. The second-order valence-electron chi connectivity index (χ2n) is 3.99. The van der Waals surface area contributed by atoms with Crippen molar-refractivity contribution in [2.75, 3.05) is 5.32 Å². The fourth-order valence-electron chi connectivity index (χ4n) is 1.53. The van der Waals surface area contributed by atoms with Crippen molar-refractivity contribution in [3.63, 3.8) is 0 Å². The van der Waals surface area contributed by atoms with Gasteiger partial charge in [0, 0.05) is 11.9 Å². The SMILES string of the molecule is O=C(Nc1ccc(C(F)(F)F)cc1)c1ccnc(F)c1F. The lowest BCUT2D eigenvalue weighted by Gasteiger charge is -2.09. The number of halogens is 5. The van der Waals surface area contributed by atoms with Crippen LogP contribution in [0.4, 0.5) is 27.6 Å². The third-order valence-corrected chi connectivity index (χ3v) is 2.56. The number of nitrogens with zero attached hydrogens (tertiary/aromatic N) is 1. The molecule has 1 aromatic heterocycles. The van der Waals surface area contributed by atoms with Crippen molar-refractivity contribution >= 4 is 11.6 Å². The van der Waals surface area contributed by atoms with E-state index in [2.05, 4.69) is 10.3 Å². The zero-order valence-electron chi connectivity index (χ0n) is 10.2. The number of alkyl halides is 3. The molecule has 0 atom stereocenters. The Bertz CT molecular complexity index is 667. The van der Waals surface area contributed by atoms with Crippen LogP contribution < -0.4 is 5.32 Å². The molecule has 0 fully saturated rings. The minimum Gasteiger partial charge on any atom is -0.322 e. The maximum Gasteiger partial charge on any atom is 0.416 e. The Hall–Kier alpha value is -2.51. The van der Waals surface area contributed by atoms with Gasteiger partial charge >= 0.3 is 6.18 Å². The summed E-state index contributed by atoms with van der Waals surface area (Å²) in [5.74, 6) is -3.86. The molecular weight excluding hydrogens is 295 g/mol. The maximum atomic E-state index is 13.3. The van der Waals surface area contributed by atoms with Gasteiger partial charge in [-0.2, -0.15) is 17.6 Å². The van der Waals surface area contributed by atoms with Gasteiger partial charge in [-0.05, 0) is 30.3 Å². The second kappa shape index (κ2) is 5.47. The molecule has 0 unspecified atom stereocenters. The third kappa shape index (κ3) is 3.33. The lowest BCUT2D eigenvalue weighted by molar-refractivity contribution is -0.137. The number of benzene rings is 1. The van der Waals surface area contributed by atoms with E-state index < -0.39 is 35.0 Å². The summed E-state index contributed by atoms with van der Waals surface area (Å²) in [5.41, 5.74) is -1.46. The van der Waals surface area contributed by atoms with Crippen LogP contribution in [-0.2, 0) is 6.18 Å². The van der Waals surface area contributed by atoms with Gasteiger partial charge in [0.15, 0.2) is 5.82 Å². The van der Waals surface area contributed by atoms with Crippen molar-refractivity contribution in [1.29, 1.82) is 0 Å². The average molecular weight is 302 g/mol. The first-order valence-electron chi connectivity index (χ1n) is 5.57. The first-order chi connectivity index (χ1) is 9.79. The number of carbonyl (C=O) groups is 1. The highest BCUT2D eigenvalue weighted by atomic mass is 19.4. The summed E-state index contributed by atoms with van der Waals surface area (Å²) in [4.78, 5) is 14.7. The molecule has 0 aliphatic rings. The third-order valence-electron chi connectivity index (χ3n) is 2.56. The van der Waals surface area contributed by atoms with Gasteiger partial charge in [0.05, 0.1) is 11.1 Å². The molecule has 110 valence electrons. The monoisotopic (exact) mass is 302 g/mol. The van der Waals surface area contributed by atoms with E-state index in [0.717, 1.165) is 36.5 Å². The van der Waals surface area contributed by atoms with Gasteiger partial charge in [-0.1, -0.05) is 0 Å². The first kappa shape index (κ1) is 14.9. The molecule has 1 aromatic carbocycles. The fraction of sp³-hybridized carbons (Fsp3) is 0.0769. The van der Waals surface area contributed by atoms with Gasteiger partial charge < -0.3 is 5.32 Å². The summed E-state index contributed by atoms with van der Waals surface area (Å²) in [7, 11) is 0. The minimum atomic E-state index is -4.50. The number of hydrogen-bond donors (Lipinski definition) is 1. The van der Waals surface area contributed by atoms with E-state index in [9.17, 15) is 26.7 Å². The van der Waals surface area contributed by atoms with Crippen molar-refractivity contribution in [3.05, 3.63) is 59.4 Å². The minimum absolute atomic E-state index is 0.0182. The summed E-state index contributed by atoms with van der Waals surface area (Å²) in [6.07, 6.45) is -3.59. The standard InChI is InChI=1S/C13H7F5N2O/c14-10-9(5-6-19-11(10)15)12(21)20-8-3-1-7(2-4-8)13(16,17)18/h1-6H,(H,20,21). The molecule has 21 heavy (non-hydrogen) atoms. The van der Waals surface area contributed by atoms with E-state index in [1.165, 1.54) is 0 Å². The molecule has 3 nitrogen and oxygen atoms in total. The van der Waals surface area contributed by atoms with E-state index in [-0.39, 0.29) is 5.69 Å². The van der Waals surface area contributed by atoms with Gasteiger partial charge in [-0.3, -0.25) is 4.79 Å². The highest BCUT2D eigenvalue weighted by molar-refractivity contribution is 6.04. The van der Waals surface area contributed by atoms with Crippen LogP contribution in [0.25, 0.3) is 0 Å². The van der Waals surface area contributed by atoms with Gasteiger partial charge in [0.2, 0.25) is 5.95 Å². The number of hydrogen-bond acceptors (Lipinski definition) is 2. The summed E-state index contributed by atoms with van der Waals surface area (Å²) >= 11 is 0. The number of aromatic nitrogens is 1. The van der Waals surface area contributed by atoms with Gasteiger partial charge in [-0.15, -0.1) is 0 Å². The molecule has 1 N–H and O–H groups in total. The molecule has 8 heteroatoms. The summed E-state index contributed by atoms with van der Waals surface area (Å²) in [5, 5.41) is 2.16. The molecule has 2 rings (SSSR count). The van der Waals surface area contributed by atoms with E-state index in [0.29, 0.717) is 0 Å². The number of anilines is 1. The summed E-state index contributed by atoms with van der Waals surface area (Å²) < 4.78 is 63.3. The normalized spacial score (nSPS) is 11.3. The molecule has 0 saturated heterocycles. The molecule has 0 spiro atoms. The van der Waals surface area contributed by atoms with Crippen molar-refractivity contribution in [3.8, 4) is 0 Å². The number of pyridine rings is 1. The Morgan fingerprint density at radius 1 is 1.05 bits per heavy atom. The highest BCUT2D eigenvalue weighted by Crippen LogP contribution is 2.29. The average Bonchev–Trinajstić information content (AvgIpc) is 2.41. The summed E-state index contributed by atoms with van der Waals surface area (Å²) in [6, 6.07) is 4.50. The van der Waals surface area contributed by atoms with Crippen LogP contribution in [-0.4, -0.2) is 10.9 Å². The Kier molecular flexibility index (Phi) is 3.88.